The second-order valence-electron chi connectivity index (χ2n) is 5.94. The van der Waals surface area contributed by atoms with Gasteiger partial charge in [-0.2, -0.15) is 0 Å². The van der Waals surface area contributed by atoms with Crippen LogP contribution in [-0.4, -0.2) is 18.1 Å². The van der Waals surface area contributed by atoms with Gasteiger partial charge in [0.15, 0.2) is 0 Å². The van der Waals surface area contributed by atoms with Crippen molar-refractivity contribution < 1.29 is 0 Å². The standard InChI is InChI=1S/C14H21ClN2/c1-14(2,3)12-7-10(9-15)8-13(16-12)17(4)11-5-6-11/h7-8,11H,5-6,9H2,1-4H3. The van der Waals surface area contributed by atoms with Crippen LogP contribution in [0.3, 0.4) is 0 Å². The Morgan fingerprint density at radius 1 is 1.35 bits per heavy atom. The van der Waals surface area contributed by atoms with Gasteiger partial charge in [-0.05, 0) is 30.5 Å². The maximum Gasteiger partial charge on any atom is 0.129 e. The first-order valence-electron chi connectivity index (χ1n) is 6.22. The van der Waals surface area contributed by atoms with Gasteiger partial charge in [-0.25, -0.2) is 4.98 Å². The maximum absolute atomic E-state index is 5.97. The van der Waals surface area contributed by atoms with E-state index >= 15 is 0 Å². The summed E-state index contributed by atoms with van der Waals surface area (Å²) in [6.45, 7) is 6.57. The third kappa shape index (κ3) is 2.92. The average Bonchev–Trinajstić information content (AvgIpc) is 3.10. The van der Waals surface area contributed by atoms with Crippen LogP contribution in [0, 0.1) is 0 Å². The molecule has 3 heteroatoms. The van der Waals surface area contributed by atoms with Crippen molar-refractivity contribution in [1.29, 1.82) is 0 Å². The van der Waals surface area contributed by atoms with Gasteiger partial charge in [0.05, 0.1) is 0 Å². The zero-order chi connectivity index (χ0) is 12.6. The molecule has 0 atom stereocenters. The summed E-state index contributed by atoms with van der Waals surface area (Å²) in [5.74, 6) is 1.62. The molecule has 0 radical (unpaired) electrons. The monoisotopic (exact) mass is 252 g/mol. The molecule has 17 heavy (non-hydrogen) atoms. The van der Waals surface area contributed by atoms with E-state index in [9.17, 15) is 0 Å². The number of hydrogen-bond donors (Lipinski definition) is 0. The number of hydrogen-bond acceptors (Lipinski definition) is 2. The maximum atomic E-state index is 5.97. The fraction of sp³-hybridized carbons (Fsp3) is 0.643. The molecule has 1 aliphatic carbocycles. The van der Waals surface area contributed by atoms with Gasteiger partial charge in [0.1, 0.15) is 5.82 Å². The largest absolute Gasteiger partial charge is 0.357 e. The minimum Gasteiger partial charge on any atom is -0.357 e. The van der Waals surface area contributed by atoms with Crippen molar-refractivity contribution in [2.45, 2.75) is 50.9 Å². The van der Waals surface area contributed by atoms with Gasteiger partial charge < -0.3 is 4.90 Å². The SMILES string of the molecule is CN(c1cc(CCl)cc(C(C)(C)C)n1)C1CC1. The van der Waals surface area contributed by atoms with E-state index in [1.807, 2.05) is 0 Å². The highest BCUT2D eigenvalue weighted by Crippen LogP contribution is 2.31. The number of aromatic nitrogens is 1. The second kappa shape index (κ2) is 4.49. The summed E-state index contributed by atoms with van der Waals surface area (Å²) in [5.41, 5.74) is 2.36. The van der Waals surface area contributed by atoms with E-state index in [0.29, 0.717) is 11.9 Å². The lowest BCUT2D eigenvalue weighted by Crippen LogP contribution is -2.23. The molecule has 0 unspecified atom stereocenters. The summed E-state index contributed by atoms with van der Waals surface area (Å²) >= 11 is 5.97. The fourth-order valence-corrected chi connectivity index (χ4v) is 2.02. The lowest BCUT2D eigenvalue weighted by atomic mass is 9.91. The van der Waals surface area contributed by atoms with Crippen molar-refractivity contribution >= 4 is 17.4 Å². The van der Waals surface area contributed by atoms with E-state index in [1.165, 1.54) is 12.8 Å². The molecule has 1 aromatic rings. The smallest absolute Gasteiger partial charge is 0.129 e. The zero-order valence-corrected chi connectivity index (χ0v) is 11.9. The Labute approximate surface area is 109 Å². The third-order valence-corrected chi connectivity index (χ3v) is 3.56. The van der Waals surface area contributed by atoms with Crippen LogP contribution in [0.4, 0.5) is 5.82 Å². The molecule has 1 heterocycles. The predicted molar refractivity (Wildman–Crippen MR) is 73.9 cm³/mol. The molecule has 1 fully saturated rings. The Morgan fingerprint density at radius 2 is 2.00 bits per heavy atom. The van der Waals surface area contributed by atoms with Crippen LogP contribution >= 0.6 is 11.6 Å². The molecular formula is C14H21ClN2. The molecule has 0 aromatic carbocycles. The van der Waals surface area contributed by atoms with E-state index in [-0.39, 0.29) is 5.41 Å². The van der Waals surface area contributed by atoms with Crippen molar-refractivity contribution in [2.75, 3.05) is 11.9 Å². The first-order chi connectivity index (χ1) is 7.91. The van der Waals surface area contributed by atoms with Crippen LogP contribution in [0.1, 0.15) is 44.9 Å². The van der Waals surface area contributed by atoms with Gasteiger partial charge in [0.25, 0.3) is 0 Å². The number of pyridine rings is 1. The van der Waals surface area contributed by atoms with Gasteiger partial charge >= 0.3 is 0 Å². The molecule has 0 aliphatic heterocycles. The normalized spacial score (nSPS) is 16.1. The number of anilines is 1. The van der Waals surface area contributed by atoms with E-state index in [0.717, 1.165) is 17.1 Å². The molecule has 0 spiro atoms. The minimum atomic E-state index is 0.0706. The van der Waals surface area contributed by atoms with Crippen LogP contribution in [-0.2, 0) is 11.3 Å². The molecule has 94 valence electrons. The lowest BCUT2D eigenvalue weighted by molar-refractivity contribution is 0.567. The minimum absolute atomic E-state index is 0.0706. The topological polar surface area (TPSA) is 16.1 Å². The van der Waals surface area contributed by atoms with Gasteiger partial charge in [-0.15, -0.1) is 11.6 Å². The number of halogens is 1. The highest BCUT2D eigenvalue weighted by Gasteiger charge is 2.28. The summed E-state index contributed by atoms with van der Waals surface area (Å²) < 4.78 is 0. The van der Waals surface area contributed by atoms with Gasteiger partial charge in [-0.1, -0.05) is 20.8 Å². The highest BCUT2D eigenvalue weighted by molar-refractivity contribution is 6.17. The molecule has 0 bridgehead atoms. The van der Waals surface area contributed by atoms with E-state index in [4.69, 9.17) is 16.6 Å². The molecule has 0 amide bonds. The molecule has 0 saturated heterocycles. The summed E-state index contributed by atoms with van der Waals surface area (Å²) in [4.78, 5) is 7.06. The fourth-order valence-electron chi connectivity index (χ4n) is 1.86. The average molecular weight is 253 g/mol. The molecule has 0 N–H and O–H groups in total. The first kappa shape index (κ1) is 12.7. The summed E-state index contributed by atoms with van der Waals surface area (Å²) in [5, 5.41) is 0. The van der Waals surface area contributed by atoms with Crippen LogP contribution in [0.25, 0.3) is 0 Å². The second-order valence-corrected chi connectivity index (χ2v) is 6.21. The summed E-state index contributed by atoms with van der Waals surface area (Å²) in [6.07, 6.45) is 2.57. The Hall–Kier alpha value is -0.760. The zero-order valence-electron chi connectivity index (χ0n) is 11.1. The molecule has 1 saturated carbocycles. The molecule has 1 aromatic heterocycles. The molecule has 2 rings (SSSR count). The number of alkyl halides is 1. The van der Waals surface area contributed by atoms with Crippen LogP contribution in [0.2, 0.25) is 0 Å². The van der Waals surface area contributed by atoms with E-state index < -0.39 is 0 Å². The van der Waals surface area contributed by atoms with Crippen LogP contribution in [0.5, 0.6) is 0 Å². The highest BCUT2D eigenvalue weighted by atomic mass is 35.5. The quantitative estimate of drug-likeness (QED) is 0.763. The Kier molecular flexibility index (Phi) is 3.35. The van der Waals surface area contributed by atoms with Crippen LogP contribution < -0.4 is 4.90 Å². The molecule has 1 aliphatic rings. The Bertz CT molecular complexity index is 405. The van der Waals surface area contributed by atoms with Gasteiger partial charge in [0, 0.05) is 30.1 Å². The summed E-state index contributed by atoms with van der Waals surface area (Å²) in [6, 6.07) is 4.92. The van der Waals surface area contributed by atoms with Crippen molar-refractivity contribution in [1.82, 2.24) is 4.98 Å². The first-order valence-corrected chi connectivity index (χ1v) is 6.75. The predicted octanol–water partition coefficient (Wildman–Crippen LogP) is 3.72. The number of nitrogens with zero attached hydrogens (tertiary/aromatic N) is 2. The van der Waals surface area contributed by atoms with Crippen molar-refractivity contribution in [3.8, 4) is 0 Å². The third-order valence-electron chi connectivity index (χ3n) is 3.25. The Morgan fingerprint density at radius 3 is 2.47 bits per heavy atom. The van der Waals surface area contributed by atoms with Crippen molar-refractivity contribution in [3.05, 3.63) is 23.4 Å². The van der Waals surface area contributed by atoms with E-state index in [2.05, 4.69) is 44.9 Å². The Balaban J connectivity index is 2.37. The van der Waals surface area contributed by atoms with Crippen molar-refractivity contribution in [3.63, 3.8) is 0 Å². The van der Waals surface area contributed by atoms with E-state index in [1.54, 1.807) is 0 Å². The van der Waals surface area contributed by atoms with Crippen LogP contribution in [0.15, 0.2) is 12.1 Å². The summed E-state index contributed by atoms with van der Waals surface area (Å²) in [7, 11) is 2.13. The van der Waals surface area contributed by atoms with Gasteiger partial charge in [0.2, 0.25) is 0 Å². The van der Waals surface area contributed by atoms with Crippen molar-refractivity contribution in [2.24, 2.45) is 0 Å². The van der Waals surface area contributed by atoms with Gasteiger partial charge in [-0.3, -0.25) is 0 Å². The lowest BCUT2D eigenvalue weighted by Gasteiger charge is -2.23. The molecular weight excluding hydrogens is 232 g/mol. The number of rotatable bonds is 3. The molecule has 2 nitrogen and oxygen atoms in total.